The van der Waals surface area contributed by atoms with E-state index in [0.717, 1.165) is 53.4 Å². The number of rotatable bonds is 32. The molecule has 0 radical (unpaired) electrons. The third kappa shape index (κ3) is 20.9. The normalized spacial score (nSPS) is 39.6. The molecular weight excluding hydrogens is 1320 g/mol. The molecule has 30 atom stereocenters. The summed E-state index contributed by atoms with van der Waals surface area (Å²) < 4.78 is 77.9. The molecule has 36 heteroatoms. The smallest absolute Gasteiger partial charge is 0.251 e. The predicted octanol–water partition coefficient (Wildman–Crippen LogP) is -6.72. The molecule has 5 amide bonds. The van der Waals surface area contributed by atoms with Crippen molar-refractivity contribution in [3.8, 4) is 5.75 Å². The molecule has 6 fully saturated rings. The third-order valence-corrected chi connectivity index (χ3v) is 17.8. The first-order chi connectivity index (χ1) is 47.2. The fraction of sp³-hybridized carbons (Fsp3) is 0.794. The molecule has 36 nitrogen and oxygen atoms in total. The summed E-state index contributed by atoms with van der Waals surface area (Å²) in [5.74, 6) is -3.67. The van der Waals surface area contributed by atoms with E-state index in [-0.39, 0.29) is 5.56 Å². The minimum atomic E-state index is -2.07. The van der Waals surface area contributed by atoms with E-state index in [1.54, 1.807) is 12.1 Å². The number of aliphatic hydroxyl groups is 13. The number of carbonyl (C=O) groups excluding carboxylic acids is 5. The largest absolute Gasteiger partial charge is 0.494 e. The molecule has 0 bridgehead atoms. The highest BCUT2D eigenvalue weighted by atomic mass is 16.8. The van der Waals surface area contributed by atoms with Gasteiger partial charge >= 0.3 is 0 Å². The van der Waals surface area contributed by atoms with Crippen LogP contribution in [0.5, 0.6) is 5.75 Å². The Morgan fingerprint density at radius 3 is 1.35 bits per heavy atom. The molecule has 0 saturated carbocycles. The van der Waals surface area contributed by atoms with Crippen LogP contribution in [0.15, 0.2) is 36.4 Å². The van der Waals surface area contributed by atoms with Gasteiger partial charge in [0.2, 0.25) is 23.6 Å². The molecule has 1 aromatic carbocycles. The van der Waals surface area contributed by atoms with Crippen LogP contribution in [-0.4, -0.2) is 327 Å². The summed E-state index contributed by atoms with van der Waals surface area (Å²) in [6.07, 6.45) is -32.0. The highest BCUT2D eigenvalue weighted by Crippen LogP contribution is 2.37. The summed E-state index contributed by atoms with van der Waals surface area (Å²) in [7, 11) is 1.21. The van der Waals surface area contributed by atoms with Gasteiger partial charge in [-0.15, -0.1) is 0 Å². The van der Waals surface area contributed by atoms with Gasteiger partial charge in [0.1, 0.15) is 146 Å². The summed E-state index contributed by atoms with van der Waals surface area (Å²) in [6.45, 7) is 3.52. The summed E-state index contributed by atoms with van der Waals surface area (Å²) in [6, 6.07) is -2.45. The lowest BCUT2D eigenvalue weighted by molar-refractivity contribution is -0.368. The quantitative estimate of drug-likeness (QED) is 0.0235. The zero-order chi connectivity index (χ0) is 72.5. The second-order valence-corrected chi connectivity index (χ2v) is 25.3. The monoisotopic (exact) mass is 1420 g/mol. The van der Waals surface area contributed by atoms with Gasteiger partial charge in [-0.3, -0.25) is 24.0 Å². The molecule has 0 spiro atoms. The van der Waals surface area contributed by atoms with Crippen LogP contribution in [0.2, 0.25) is 0 Å². The molecule has 6 aliphatic rings. The van der Waals surface area contributed by atoms with E-state index in [4.69, 9.17) is 61.6 Å². The molecule has 0 aromatic heterocycles. The Morgan fingerprint density at radius 1 is 0.465 bits per heavy atom. The van der Waals surface area contributed by atoms with Crippen LogP contribution >= 0.6 is 0 Å². The summed E-state index contributed by atoms with van der Waals surface area (Å²) in [4.78, 5) is 65.1. The second-order valence-electron chi connectivity index (χ2n) is 25.3. The fourth-order valence-electron chi connectivity index (χ4n) is 12.7. The maximum absolute atomic E-state index is 14.0. The number of methoxy groups -OCH3 is 1. The first kappa shape index (κ1) is 81.4. The Morgan fingerprint density at radius 2 is 0.899 bits per heavy atom. The zero-order valence-electron chi connectivity index (χ0n) is 56.1. The Balaban J connectivity index is 1.07. The standard InChI is InChI=1S/C63H101N5O31/c1-8-9-10-11-12-13-14-15-16-20-88-33-19-17-18-32(21-33)57(85)68-40-46(79)45(78)34(22-69)92-59(40)96-52-35(23-70)93-60(41(48(52)81)65-29(4)74)97-53-36(24-71)94-61(42(49(53)82)66-30(5)75)98-54-37(25-72)95-62(43(50(54)83)67-31(6)76)99-55-38(91-58(86)39(47(55)80)64-28(3)73)26-89-63-56(87-7)51(84)44(77)27(2)90-63/h13-14,17-19,21,27,34-56,58-63,69-72,77-84,86H,8-12,15-16,20,22-26H2,1-7H3,(H,64,73)(H,65,74)(H,66,75)(H,67,76)(H,68,85)/b14-13-/t27?,34?,35-,36?,37-,38?,39?,40-,41?,42?,43?,44?,45+,46+,47+,48?,49+,50?,51-,52+,53+,54+,55+,56+,58+,59?,60?,61-,62?,63+/m0/s1. The molecule has 6 saturated heterocycles. The van der Waals surface area contributed by atoms with E-state index < -0.39 is 246 Å². The molecule has 6 aliphatic heterocycles. The Labute approximate surface area is 571 Å². The molecule has 99 heavy (non-hydrogen) atoms. The number of ether oxygens (including phenoxy) is 13. The lowest BCUT2D eigenvalue weighted by Crippen LogP contribution is -2.72. The first-order valence-electron chi connectivity index (χ1n) is 33.2. The average Bonchev–Trinajstić information content (AvgIpc) is 0.771. The molecule has 14 unspecified atom stereocenters. The van der Waals surface area contributed by atoms with Crippen LogP contribution < -0.4 is 31.3 Å². The van der Waals surface area contributed by atoms with Gasteiger partial charge in [0.15, 0.2) is 37.7 Å². The van der Waals surface area contributed by atoms with Crippen molar-refractivity contribution in [2.75, 3.05) is 46.8 Å². The Bertz CT molecular complexity index is 2730. The topological polar surface area (TPSA) is 528 Å². The van der Waals surface area contributed by atoms with Gasteiger partial charge in [-0.1, -0.05) is 44.4 Å². The van der Waals surface area contributed by atoms with Crippen molar-refractivity contribution in [1.29, 1.82) is 0 Å². The van der Waals surface area contributed by atoms with E-state index in [1.807, 2.05) is 0 Å². The lowest BCUT2D eigenvalue weighted by Gasteiger charge is -2.51. The van der Waals surface area contributed by atoms with Gasteiger partial charge in [-0.2, -0.15) is 0 Å². The van der Waals surface area contributed by atoms with Crippen molar-refractivity contribution >= 4 is 29.5 Å². The number of amides is 5. The highest BCUT2D eigenvalue weighted by molar-refractivity contribution is 5.94. The molecule has 7 rings (SSSR count). The number of nitrogens with one attached hydrogen (secondary N) is 5. The van der Waals surface area contributed by atoms with Crippen molar-refractivity contribution in [3.05, 3.63) is 42.0 Å². The summed E-state index contributed by atoms with van der Waals surface area (Å²) >= 11 is 0. The van der Waals surface area contributed by atoms with Crippen molar-refractivity contribution in [1.82, 2.24) is 26.6 Å². The second kappa shape index (κ2) is 38.6. The number of carbonyl (C=O) groups is 5. The van der Waals surface area contributed by atoms with E-state index in [1.165, 1.54) is 39.0 Å². The van der Waals surface area contributed by atoms with E-state index in [2.05, 4.69) is 45.7 Å². The number of hydrogen-bond acceptors (Lipinski definition) is 31. The third-order valence-electron chi connectivity index (χ3n) is 17.8. The van der Waals surface area contributed by atoms with Crippen LogP contribution in [0.25, 0.3) is 0 Å². The van der Waals surface area contributed by atoms with Crippen LogP contribution in [0, 0.1) is 0 Å². The van der Waals surface area contributed by atoms with Gasteiger partial charge in [-0.05, 0) is 50.8 Å². The maximum Gasteiger partial charge on any atom is 0.251 e. The Kier molecular flexibility index (Phi) is 31.7. The Hall–Kier alpha value is -4.89. The predicted molar refractivity (Wildman–Crippen MR) is 333 cm³/mol. The van der Waals surface area contributed by atoms with Gasteiger partial charge in [-0.25, -0.2) is 0 Å². The maximum atomic E-state index is 14.0. The molecule has 564 valence electrons. The molecule has 1 aromatic rings. The van der Waals surface area contributed by atoms with E-state index in [9.17, 15) is 90.4 Å². The van der Waals surface area contributed by atoms with E-state index in [0.29, 0.717) is 18.8 Å². The highest BCUT2D eigenvalue weighted by Gasteiger charge is 2.58. The van der Waals surface area contributed by atoms with Crippen LogP contribution in [0.1, 0.15) is 96.8 Å². The van der Waals surface area contributed by atoms with Gasteiger partial charge in [0.25, 0.3) is 5.91 Å². The van der Waals surface area contributed by atoms with Crippen molar-refractivity contribution < 1.29 is 152 Å². The minimum absolute atomic E-state index is 0.0482. The van der Waals surface area contributed by atoms with Gasteiger partial charge < -0.3 is 155 Å². The van der Waals surface area contributed by atoms with Gasteiger partial charge in [0.05, 0.1) is 45.7 Å². The van der Waals surface area contributed by atoms with Crippen molar-refractivity contribution in [3.63, 3.8) is 0 Å². The zero-order valence-corrected chi connectivity index (χ0v) is 56.1. The van der Waals surface area contributed by atoms with Crippen LogP contribution in [0.3, 0.4) is 0 Å². The number of aliphatic hydroxyl groups excluding tert-OH is 13. The number of benzene rings is 1. The van der Waals surface area contributed by atoms with Crippen molar-refractivity contribution in [2.24, 2.45) is 0 Å². The fourth-order valence-corrected chi connectivity index (χ4v) is 12.7. The molecule has 0 aliphatic carbocycles. The summed E-state index contributed by atoms with van der Waals surface area (Å²) in [5, 5.41) is 158. The summed E-state index contributed by atoms with van der Waals surface area (Å²) in [5.41, 5.74) is 0.0482. The number of unbranched alkanes of at least 4 members (excludes halogenated alkanes) is 5. The van der Waals surface area contributed by atoms with E-state index >= 15 is 0 Å². The first-order valence-corrected chi connectivity index (χ1v) is 33.2. The number of hydrogen-bond donors (Lipinski definition) is 18. The SMILES string of the molecule is CCCCCC/C=C\CCCOc1cccc(C(=O)N[C@@H]2C(O[C@H]3C(O)C(NC(C)=O)C(O[C@@H]4C(CO)O[C@@H](O[C@H]5C(O)C(NC(C)=O)C(O[C@@H]6C(CO[C@@H]7OC(C)C(O)[C@H](O)[C@H]7OC)O[C@@H](O)C(NC(C)=O)[C@H]6O)O[C@H]5CO)C(NC(C)=O)[C@H]4O)O[C@H]3CO)OC(CO)[C@@H](O)[C@@H]2O)c1. The van der Waals surface area contributed by atoms with Gasteiger partial charge in [0, 0.05) is 40.4 Å². The number of allylic oxidation sites excluding steroid dienone is 2. The average molecular weight is 1420 g/mol. The lowest BCUT2D eigenvalue weighted by atomic mass is 9.93. The molecular formula is C63H101N5O31. The van der Waals surface area contributed by atoms with Crippen LogP contribution in [-0.2, 0) is 76.0 Å². The minimum Gasteiger partial charge on any atom is -0.494 e. The van der Waals surface area contributed by atoms with Crippen LogP contribution in [0.4, 0.5) is 0 Å². The molecule has 18 N–H and O–H groups in total. The molecule has 6 heterocycles. The van der Waals surface area contributed by atoms with Crippen molar-refractivity contribution in [2.45, 2.75) is 270 Å².